The largest absolute Gasteiger partial charge is 0.492 e. The monoisotopic (exact) mass is 359 g/mol. The number of likely N-dealkylation sites (N-methyl/N-ethyl adjacent to an activating group) is 1. The van der Waals surface area contributed by atoms with Crippen molar-refractivity contribution in [3.05, 3.63) is 54.2 Å². The number of ether oxygens (including phenoxy) is 1. The summed E-state index contributed by atoms with van der Waals surface area (Å²) in [6.07, 6.45) is 1.80. The zero-order valence-corrected chi connectivity index (χ0v) is 15.1. The van der Waals surface area contributed by atoms with Crippen LogP contribution in [0.1, 0.15) is 5.56 Å². The number of aryl methyl sites for hydroxylation is 1. The first-order chi connectivity index (χ1) is 12.0. The first kappa shape index (κ1) is 18.8. The molecule has 1 fully saturated rings. The molecule has 2 amide bonds. The molecular weight excluding hydrogens is 338 g/mol. The van der Waals surface area contributed by atoms with Crippen molar-refractivity contribution in [2.45, 2.75) is 6.92 Å². The first-order valence-electron chi connectivity index (χ1n) is 7.83. The van der Waals surface area contributed by atoms with Crippen LogP contribution in [-0.2, 0) is 4.79 Å². The van der Waals surface area contributed by atoms with Crippen LogP contribution in [-0.4, -0.2) is 42.1 Å². The molecule has 2 heterocycles. The number of rotatable bonds is 5. The van der Waals surface area contributed by atoms with Crippen molar-refractivity contribution in [1.29, 1.82) is 0 Å². The zero-order chi connectivity index (χ0) is 18.1. The fraction of sp³-hybridized carbons (Fsp3) is 0.278. The summed E-state index contributed by atoms with van der Waals surface area (Å²) in [7, 11) is 2.01. The third kappa shape index (κ3) is 6.84. The number of hydrogen-bond acceptors (Lipinski definition) is 6. The molecule has 1 N–H and O–H groups in total. The van der Waals surface area contributed by atoms with Crippen LogP contribution in [0.4, 0.5) is 10.6 Å². The van der Waals surface area contributed by atoms with Crippen LogP contribution in [0.2, 0.25) is 0 Å². The Bertz CT molecular complexity index is 678. The lowest BCUT2D eigenvalue weighted by molar-refractivity contribution is -0.117. The Labute approximate surface area is 151 Å². The van der Waals surface area contributed by atoms with E-state index < -0.39 is 0 Å². The van der Waals surface area contributed by atoms with E-state index in [0.717, 1.165) is 29.9 Å². The topological polar surface area (TPSA) is 71.5 Å². The summed E-state index contributed by atoms with van der Waals surface area (Å²) in [6.45, 7) is 3.53. The molecule has 3 rings (SSSR count). The van der Waals surface area contributed by atoms with Gasteiger partial charge in [0.1, 0.15) is 18.2 Å². The second kappa shape index (κ2) is 9.68. The molecule has 0 spiro atoms. The van der Waals surface area contributed by atoms with Gasteiger partial charge in [0, 0.05) is 13.2 Å². The number of nitrogens with one attached hydrogen (secondary N) is 1. The van der Waals surface area contributed by atoms with Gasteiger partial charge >= 0.3 is 0 Å². The molecule has 132 valence electrons. The Morgan fingerprint density at radius 3 is 2.48 bits per heavy atom. The van der Waals surface area contributed by atoms with E-state index in [1.54, 1.807) is 6.20 Å². The van der Waals surface area contributed by atoms with Crippen molar-refractivity contribution in [2.75, 3.05) is 30.9 Å². The molecule has 0 aliphatic carbocycles. The van der Waals surface area contributed by atoms with Crippen LogP contribution in [0.3, 0.4) is 0 Å². The molecule has 0 saturated carbocycles. The molecule has 1 aromatic heterocycles. The third-order valence-corrected chi connectivity index (χ3v) is 4.10. The molecule has 25 heavy (non-hydrogen) atoms. The summed E-state index contributed by atoms with van der Waals surface area (Å²) < 4.78 is 5.68. The SMILES string of the molecule is Cc1ccc(OCCN(C)c2ccccn2)cc1.O=C1CSC(=O)N1. The second-order valence-electron chi connectivity index (χ2n) is 5.40. The number of benzene rings is 1. The van der Waals surface area contributed by atoms with Crippen LogP contribution < -0.4 is 15.0 Å². The van der Waals surface area contributed by atoms with Gasteiger partial charge in [0.15, 0.2) is 0 Å². The first-order valence-corrected chi connectivity index (χ1v) is 8.81. The Morgan fingerprint density at radius 1 is 1.20 bits per heavy atom. The average molecular weight is 359 g/mol. The number of aromatic nitrogens is 1. The number of pyridine rings is 1. The molecule has 7 heteroatoms. The van der Waals surface area contributed by atoms with E-state index in [2.05, 4.69) is 34.3 Å². The average Bonchev–Trinajstić information content (AvgIpc) is 3.01. The van der Waals surface area contributed by atoms with Crippen molar-refractivity contribution in [3.8, 4) is 5.75 Å². The number of thioether (sulfide) groups is 1. The minimum absolute atomic E-state index is 0.185. The Morgan fingerprint density at radius 2 is 1.96 bits per heavy atom. The van der Waals surface area contributed by atoms with Gasteiger partial charge in [-0.2, -0.15) is 0 Å². The van der Waals surface area contributed by atoms with Gasteiger partial charge in [-0.1, -0.05) is 35.5 Å². The number of anilines is 1. The lowest BCUT2D eigenvalue weighted by Crippen LogP contribution is -2.24. The summed E-state index contributed by atoms with van der Waals surface area (Å²) in [4.78, 5) is 26.5. The Kier molecular flexibility index (Phi) is 7.28. The van der Waals surface area contributed by atoms with Gasteiger partial charge < -0.3 is 9.64 Å². The van der Waals surface area contributed by atoms with E-state index in [1.807, 2.05) is 37.4 Å². The summed E-state index contributed by atoms with van der Waals surface area (Å²) in [5.74, 6) is 1.98. The van der Waals surface area contributed by atoms with E-state index in [1.165, 1.54) is 5.56 Å². The molecule has 2 aromatic rings. The van der Waals surface area contributed by atoms with E-state index in [0.29, 0.717) is 12.4 Å². The Balaban J connectivity index is 0.000000269. The van der Waals surface area contributed by atoms with Crippen LogP contribution in [0, 0.1) is 6.92 Å². The van der Waals surface area contributed by atoms with Gasteiger partial charge in [0.2, 0.25) is 5.91 Å². The van der Waals surface area contributed by atoms with E-state index in [4.69, 9.17) is 4.74 Å². The maximum absolute atomic E-state index is 10.1. The van der Waals surface area contributed by atoms with Crippen molar-refractivity contribution in [2.24, 2.45) is 0 Å². The maximum Gasteiger partial charge on any atom is 0.286 e. The van der Waals surface area contributed by atoms with Crippen LogP contribution in [0.5, 0.6) is 5.75 Å². The highest BCUT2D eigenvalue weighted by Crippen LogP contribution is 2.12. The molecule has 0 radical (unpaired) electrons. The standard InChI is InChI=1S/C15H18N2O.C3H3NO2S/c1-13-6-8-14(9-7-13)18-12-11-17(2)15-5-3-4-10-16-15;5-2-1-7-3(6)4-2/h3-10H,11-12H2,1-2H3;1H2,(H,4,5,6). The molecular formula is C18H21N3O3S. The van der Waals surface area contributed by atoms with Gasteiger partial charge in [-0.25, -0.2) is 4.98 Å². The molecule has 0 atom stereocenters. The molecule has 6 nitrogen and oxygen atoms in total. The predicted molar refractivity (Wildman–Crippen MR) is 100 cm³/mol. The van der Waals surface area contributed by atoms with Crippen molar-refractivity contribution >= 4 is 28.7 Å². The van der Waals surface area contributed by atoms with E-state index in [-0.39, 0.29) is 11.1 Å². The molecule has 1 aliphatic heterocycles. The zero-order valence-electron chi connectivity index (χ0n) is 14.3. The summed E-state index contributed by atoms with van der Waals surface area (Å²) in [5, 5.41) is 1.87. The number of nitrogens with zero attached hydrogens (tertiary/aromatic N) is 2. The fourth-order valence-corrected chi connectivity index (χ4v) is 2.47. The lowest BCUT2D eigenvalue weighted by Gasteiger charge is -2.18. The molecule has 1 saturated heterocycles. The molecule has 1 aliphatic rings. The van der Waals surface area contributed by atoms with Crippen LogP contribution >= 0.6 is 11.8 Å². The number of carbonyl (C=O) groups is 2. The number of imide groups is 1. The molecule has 1 aromatic carbocycles. The lowest BCUT2D eigenvalue weighted by atomic mass is 10.2. The highest BCUT2D eigenvalue weighted by atomic mass is 32.2. The minimum Gasteiger partial charge on any atom is -0.492 e. The summed E-state index contributed by atoms with van der Waals surface area (Å²) >= 11 is 1.01. The van der Waals surface area contributed by atoms with Crippen LogP contribution in [0.15, 0.2) is 48.7 Å². The van der Waals surface area contributed by atoms with E-state index >= 15 is 0 Å². The molecule has 0 unspecified atom stereocenters. The number of carbonyl (C=O) groups excluding carboxylic acids is 2. The Hall–Kier alpha value is -2.54. The van der Waals surface area contributed by atoms with Crippen molar-refractivity contribution in [3.63, 3.8) is 0 Å². The van der Waals surface area contributed by atoms with Crippen molar-refractivity contribution in [1.82, 2.24) is 10.3 Å². The van der Waals surface area contributed by atoms with Gasteiger partial charge in [-0.15, -0.1) is 0 Å². The molecule has 0 bridgehead atoms. The van der Waals surface area contributed by atoms with Gasteiger partial charge in [-0.05, 0) is 31.2 Å². The maximum atomic E-state index is 10.1. The minimum atomic E-state index is -0.231. The fourth-order valence-electron chi connectivity index (χ4n) is 1.95. The van der Waals surface area contributed by atoms with Gasteiger partial charge in [-0.3, -0.25) is 14.9 Å². The normalized spacial score (nSPS) is 12.9. The van der Waals surface area contributed by atoms with Crippen molar-refractivity contribution < 1.29 is 14.3 Å². The van der Waals surface area contributed by atoms with Gasteiger partial charge in [0.05, 0.1) is 12.3 Å². The van der Waals surface area contributed by atoms with Crippen LogP contribution in [0.25, 0.3) is 0 Å². The number of amides is 2. The van der Waals surface area contributed by atoms with Gasteiger partial charge in [0.25, 0.3) is 5.24 Å². The summed E-state index contributed by atoms with van der Waals surface area (Å²) in [5.41, 5.74) is 1.24. The third-order valence-electron chi connectivity index (χ3n) is 3.33. The predicted octanol–water partition coefficient (Wildman–Crippen LogP) is 2.87. The highest BCUT2D eigenvalue weighted by Gasteiger charge is 2.16. The highest BCUT2D eigenvalue weighted by molar-refractivity contribution is 8.14. The second-order valence-corrected chi connectivity index (χ2v) is 6.34. The quantitative estimate of drug-likeness (QED) is 0.885. The smallest absolute Gasteiger partial charge is 0.286 e. The van der Waals surface area contributed by atoms with E-state index in [9.17, 15) is 9.59 Å². The summed E-state index contributed by atoms with van der Waals surface area (Å²) in [6, 6.07) is 14.0. The number of hydrogen-bond donors (Lipinski definition) is 1.